The summed E-state index contributed by atoms with van der Waals surface area (Å²) < 4.78 is 46.1. The Balaban J connectivity index is 1.23. The third-order valence-electron chi connectivity index (χ3n) is 7.45. The Morgan fingerprint density at radius 3 is 2.44 bits per heavy atom. The molecular formula is C30H35F3N6O2. The van der Waals surface area contributed by atoms with E-state index in [1.54, 1.807) is 4.90 Å². The van der Waals surface area contributed by atoms with Crippen LogP contribution < -0.4 is 0 Å². The molecule has 2 aliphatic rings. The van der Waals surface area contributed by atoms with Crippen LogP contribution in [-0.2, 0) is 30.8 Å². The lowest BCUT2D eigenvalue weighted by atomic mass is 10.0. The number of aromatic nitrogens is 3. The zero-order valence-corrected chi connectivity index (χ0v) is 24.0. The van der Waals surface area contributed by atoms with E-state index >= 15 is 0 Å². The van der Waals surface area contributed by atoms with Gasteiger partial charge in [0.1, 0.15) is 5.60 Å². The molecule has 218 valence electrons. The Labute approximate surface area is 237 Å². The predicted octanol–water partition coefficient (Wildman–Crippen LogP) is 5.99. The second kappa shape index (κ2) is 10.9. The van der Waals surface area contributed by atoms with Crippen LogP contribution in [0.2, 0.25) is 0 Å². The van der Waals surface area contributed by atoms with Crippen molar-refractivity contribution in [2.24, 2.45) is 12.0 Å². The first kappa shape index (κ1) is 28.8. The zero-order chi connectivity index (χ0) is 29.5. The zero-order valence-electron chi connectivity index (χ0n) is 24.0. The Kier molecular flexibility index (Phi) is 7.67. The smallest absolute Gasteiger partial charge is 0.435 e. The van der Waals surface area contributed by atoms with Crippen molar-refractivity contribution in [1.29, 1.82) is 0 Å². The number of hydrogen-bond donors (Lipinski definition) is 0. The standard InChI is InChI=1S/C30H35F3N6O2/c1-19(38-10-12-39(13-11-38)28(40)41-29(2,3)4)20-8-9-34-23(14-20)17-24-15-21-6-7-22(16-25(21)35-24)26-18-27(30(31,32)33)36-37(26)5/h6-9,14,16,18-19H,10-13,15,17H2,1-5H3. The van der Waals surface area contributed by atoms with E-state index in [4.69, 9.17) is 9.73 Å². The van der Waals surface area contributed by atoms with E-state index < -0.39 is 17.5 Å². The van der Waals surface area contributed by atoms with E-state index in [1.807, 2.05) is 51.2 Å². The number of nitrogens with zero attached hydrogens (tertiary/aromatic N) is 6. The summed E-state index contributed by atoms with van der Waals surface area (Å²) in [7, 11) is 1.51. The van der Waals surface area contributed by atoms with Gasteiger partial charge in [-0.3, -0.25) is 19.6 Å². The van der Waals surface area contributed by atoms with Gasteiger partial charge in [-0.15, -0.1) is 0 Å². The largest absolute Gasteiger partial charge is 0.444 e. The monoisotopic (exact) mass is 568 g/mol. The van der Waals surface area contributed by atoms with Crippen LogP contribution in [0.3, 0.4) is 0 Å². The molecule has 1 unspecified atom stereocenters. The summed E-state index contributed by atoms with van der Waals surface area (Å²) in [4.78, 5) is 25.9. The van der Waals surface area contributed by atoms with Crippen LogP contribution in [-0.4, -0.2) is 68.1 Å². The quantitative estimate of drug-likeness (QED) is 0.378. The molecule has 2 aromatic heterocycles. The molecule has 3 aromatic rings. The number of rotatable bonds is 5. The number of fused-ring (bicyclic) bond motifs is 1. The molecule has 0 radical (unpaired) electrons. The first-order valence-electron chi connectivity index (χ1n) is 13.7. The number of halogens is 3. The van der Waals surface area contributed by atoms with Crippen molar-refractivity contribution >= 4 is 17.5 Å². The SMILES string of the molecule is CC(c1ccnc(CC2=Nc3cc(-c4cc(C(F)(F)F)nn4C)ccc3C2)c1)N1CCN(C(=O)OC(C)(C)C)CC1. The second-order valence-corrected chi connectivity index (χ2v) is 11.7. The molecule has 1 atom stereocenters. The Hall–Kier alpha value is -3.73. The third kappa shape index (κ3) is 6.61. The minimum absolute atomic E-state index is 0.156. The van der Waals surface area contributed by atoms with E-state index in [0.29, 0.717) is 37.2 Å². The van der Waals surface area contributed by atoms with Gasteiger partial charge in [0.2, 0.25) is 0 Å². The molecule has 1 aromatic carbocycles. The first-order chi connectivity index (χ1) is 19.3. The van der Waals surface area contributed by atoms with Crippen LogP contribution >= 0.6 is 0 Å². The number of carbonyl (C=O) groups excluding carboxylic acids is 1. The lowest BCUT2D eigenvalue weighted by molar-refractivity contribution is -0.141. The molecule has 8 nitrogen and oxygen atoms in total. The number of alkyl halides is 3. The van der Waals surface area contributed by atoms with Crippen molar-refractivity contribution in [3.05, 3.63) is 65.1 Å². The lowest BCUT2D eigenvalue weighted by Crippen LogP contribution is -2.50. The maximum atomic E-state index is 13.1. The van der Waals surface area contributed by atoms with Crippen LogP contribution in [0, 0.1) is 0 Å². The molecule has 11 heteroatoms. The van der Waals surface area contributed by atoms with Gasteiger partial charge in [0.05, 0.1) is 11.4 Å². The summed E-state index contributed by atoms with van der Waals surface area (Å²) in [6, 6.07) is 10.9. The number of aliphatic imine (C=N–C) groups is 1. The minimum Gasteiger partial charge on any atom is -0.444 e. The molecule has 5 rings (SSSR count). The summed E-state index contributed by atoms with van der Waals surface area (Å²) in [5, 5.41) is 3.62. The normalized spacial score (nSPS) is 16.9. The van der Waals surface area contributed by atoms with Crippen molar-refractivity contribution in [2.75, 3.05) is 26.2 Å². The maximum absolute atomic E-state index is 13.1. The van der Waals surface area contributed by atoms with Crippen LogP contribution in [0.25, 0.3) is 11.3 Å². The molecule has 0 aliphatic carbocycles. The fourth-order valence-corrected chi connectivity index (χ4v) is 5.28. The first-order valence-corrected chi connectivity index (χ1v) is 13.7. The van der Waals surface area contributed by atoms with Crippen LogP contribution in [0.4, 0.5) is 23.7 Å². The number of amides is 1. The number of piperazine rings is 1. The van der Waals surface area contributed by atoms with Crippen molar-refractivity contribution in [3.63, 3.8) is 0 Å². The number of pyridine rings is 1. The van der Waals surface area contributed by atoms with Crippen LogP contribution in [0.1, 0.15) is 56.3 Å². The molecule has 0 N–H and O–H groups in total. The highest BCUT2D eigenvalue weighted by molar-refractivity contribution is 5.95. The van der Waals surface area contributed by atoms with Crippen LogP contribution in [0.15, 0.2) is 47.6 Å². The minimum atomic E-state index is -4.49. The second-order valence-electron chi connectivity index (χ2n) is 11.7. The average Bonchev–Trinajstić information content (AvgIpc) is 3.49. The van der Waals surface area contributed by atoms with Gasteiger partial charge in [-0.25, -0.2) is 4.79 Å². The number of aryl methyl sites for hydroxylation is 1. The summed E-state index contributed by atoms with van der Waals surface area (Å²) >= 11 is 0. The van der Waals surface area contributed by atoms with Gasteiger partial charge in [0, 0.05) is 75.3 Å². The number of benzene rings is 1. The maximum Gasteiger partial charge on any atom is 0.435 e. The summed E-state index contributed by atoms with van der Waals surface area (Å²) in [6.45, 7) is 10.5. The highest BCUT2D eigenvalue weighted by Gasteiger charge is 2.35. The molecule has 4 heterocycles. The van der Waals surface area contributed by atoms with Gasteiger partial charge in [-0.2, -0.15) is 18.3 Å². The van der Waals surface area contributed by atoms with E-state index in [-0.39, 0.29) is 12.1 Å². The van der Waals surface area contributed by atoms with Gasteiger partial charge >= 0.3 is 12.3 Å². The highest BCUT2D eigenvalue weighted by Crippen LogP contribution is 2.35. The molecular weight excluding hydrogens is 533 g/mol. The molecule has 1 fully saturated rings. The van der Waals surface area contributed by atoms with E-state index in [9.17, 15) is 18.0 Å². The lowest BCUT2D eigenvalue weighted by Gasteiger charge is -2.38. The summed E-state index contributed by atoms with van der Waals surface area (Å²) in [6.07, 6.45) is -1.69. The average molecular weight is 569 g/mol. The number of hydrogen-bond acceptors (Lipinski definition) is 6. The van der Waals surface area contributed by atoms with E-state index in [0.717, 1.165) is 47.4 Å². The van der Waals surface area contributed by atoms with Gasteiger partial charge in [0.25, 0.3) is 0 Å². The van der Waals surface area contributed by atoms with Crippen molar-refractivity contribution < 1.29 is 22.7 Å². The fourth-order valence-electron chi connectivity index (χ4n) is 5.28. The predicted molar refractivity (Wildman–Crippen MR) is 150 cm³/mol. The Morgan fingerprint density at radius 2 is 1.78 bits per heavy atom. The van der Waals surface area contributed by atoms with E-state index in [2.05, 4.69) is 28.0 Å². The van der Waals surface area contributed by atoms with Crippen LogP contribution in [0.5, 0.6) is 0 Å². The third-order valence-corrected chi connectivity index (χ3v) is 7.45. The molecule has 41 heavy (non-hydrogen) atoms. The number of ether oxygens (including phenoxy) is 1. The Bertz CT molecular complexity index is 1470. The summed E-state index contributed by atoms with van der Waals surface area (Å²) in [5.74, 6) is 0. The molecule has 1 amide bonds. The molecule has 0 saturated carbocycles. The molecule has 0 bridgehead atoms. The molecule has 1 saturated heterocycles. The van der Waals surface area contributed by atoms with Gasteiger partial charge < -0.3 is 9.64 Å². The topological polar surface area (TPSA) is 75.9 Å². The van der Waals surface area contributed by atoms with Gasteiger partial charge in [-0.1, -0.05) is 12.1 Å². The Morgan fingerprint density at radius 1 is 1.05 bits per heavy atom. The summed E-state index contributed by atoms with van der Waals surface area (Å²) in [5.41, 5.74) is 4.42. The van der Waals surface area contributed by atoms with Gasteiger partial charge in [-0.05, 0) is 63.1 Å². The number of carbonyl (C=O) groups is 1. The van der Waals surface area contributed by atoms with Crippen molar-refractivity contribution in [3.8, 4) is 11.3 Å². The molecule has 0 spiro atoms. The highest BCUT2D eigenvalue weighted by atomic mass is 19.4. The van der Waals surface area contributed by atoms with Crippen molar-refractivity contribution in [1.82, 2.24) is 24.6 Å². The molecule has 2 aliphatic heterocycles. The van der Waals surface area contributed by atoms with Gasteiger partial charge in [0.15, 0.2) is 5.69 Å². The van der Waals surface area contributed by atoms with Crippen molar-refractivity contribution in [2.45, 2.75) is 58.4 Å². The fraction of sp³-hybridized carbons (Fsp3) is 0.467. The van der Waals surface area contributed by atoms with E-state index in [1.165, 1.54) is 11.7 Å².